The van der Waals surface area contributed by atoms with E-state index in [-0.39, 0.29) is 18.2 Å². The van der Waals surface area contributed by atoms with Crippen LogP contribution in [0.25, 0.3) is 0 Å². The summed E-state index contributed by atoms with van der Waals surface area (Å²) in [7, 11) is 1.54. The van der Waals surface area contributed by atoms with Crippen molar-refractivity contribution in [3.05, 3.63) is 59.4 Å². The molecule has 22 heavy (non-hydrogen) atoms. The zero-order chi connectivity index (χ0) is 15.9. The molecule has 0 bridgehead atoms. The average Bonchev–Trinajstić information content (AvgIpc) is 2.55. The monoisotopic (exact) mass is 303 g/mol. The SMILES string of the molecule is CCOc1ccc(CNC(=O)c2cccc(OC)c2)cc1F. The van der Waals surface area contributed by atoms with E-state index in [0.717, 1.165) is 0 Å². The Morgan fingerprint density at radius 2 is 2.05 bits per heavy atom. The van der Waals surface area contributed by atoms with E-state index in [1.165, 1.54) is 6.07 Å². The molecule has 2 rings (SSSR count). The second kappa shape index (κ2) is 7.45. The van der Waals surface area contributed by atoms with Gasteiger partial charge in [-0.3, -0.25) is 4.79 Å². The molecule has 0 atom stereocenters. The Kier molecular flexibility index (Phi) is 5.36. The van der Waals surface area contributed by atoms with Crippen LogP contribution in [-0.2, 0) is 6.54 Å². The summed E-state index contributed by atoms with van der Waals surface area (Å²) in [5.41, 5.74) is 1.16. The lowest BCUT2D eigenvalue weighted by atomic mass is 10.1. The largest absolute Gasteiger partial charge is 0.497 e. The second-order valence-corrected chi connectivity index (χ2v) is 4.61. The Labute approximate surface area is 128 Å². The number of carbonyl (C=O) groups excluding carboxylic acids is 1. The molecule has 0 aliphatic rings. The van der Waals surface area contributed by atoms with Gasteiger partial charge in [-0.25, -0.2) is 4.39 Å². The van der Waals surface area contributed by atoms with Crippen LogP contribution in [0.1, 0.15) is 22.8 Å². The fourth-order valence-electron chi connectivity index (χ4n) is 1.98. The van der Waals surface area contributed by atoms with Crippen LogP contribution in [0.2, 0.25) is 0 Å². The summed E-state index contributed by atoms with van der Waals surface area (Å²) in [6, 6.07) is 11.5. The molecule has 0 heterocycles. The van der Waals surface area contributed by atoms with Gasteiger partial charge in [0, 0.05) is 12.1 Å². The molecule has 4 nitrogen and oxygen atoms in total. The minimum atomic E-state index is -0.435. The molecule has 0 radical (unpaired) electrons. The normalized spacial score (nSPS) is 10.1. The van der Waals surface area contributed by atoms with E-state index in [0.29, 0.717) is 23.5 Å². The van der Waals surface area contributed by atoms with E-state index in [9.17, 15) is 9.18 Å². The van der Waals surface area contributed by atoms with Crippen LogP contribution in [-0.4, -0.2) is 19.6 Å². The Hall–Kier alpha value is -2.56. The number of halogens is 1. The third kappa shape index (κ3) is 3.97. The van der Waals surface area contributed by atoms with Crippen molar-refractivity contribution < 1.29 is 18.7 Å². The molecule has 0 saturated heterocycles. The van der Waals surface area contributed by atoms with Crippen molar-refractivity contribution in [1.29, 1.82) is 0 Å². The minimum absolute atomic E-state index is 0.213. The second-order valence-electron chi connectivity index (χ2n) is 4.61. The molecular weight excluding hydrogens is 285 g/mol. The van der Waals surface area contributed by atoms with Gasteiger partial charge in [-0.1, -0.05) is 12.1 Å². The van der Waals surface area contributed by atoms with Crippen molar-refractivity contribution >= 4 is 5.91 Å². The van der Waals surface area contributed by atoms with Crippen LogP contribution in [0.3, 0.4) is 0 Å². The third-order valence-corrected chi connectivity index (χ3v) is 3.08. The number of methoxy groups -OCH3 is 1. The van der Waals surface area contributed by atoms with Crippen molar-refractivity contribution in [2.75, 3.05) is 13.7 Å². The summed E-state index contributed by atoms with van der Waals surface area (Å²) in [6.07, 6.45) is 0. The first kappa shape index (κ1) is 15.8. The molecule has 5 heteroatoms. The number of ether oxygens (including phenoxy) is 2. The molecule has 0 unspecified atom stereocenters. The maximum Gasteiger partial charge on any atom is 0.251 e. The van der Waals surface area contributed by atoms with E-state index in [1.807, 2.05) is 0 Å². The van der Waals surface area contributed by atoms with Crippen LogP contribution >= 0.6 is 0 Å². The van der Waals surface area contributed by atoms with Gasteiger partial charge in [-0.05, 0) is 42.8 Å². The van der Waals surface area contributed by atoms with E-state index in [2.05, 4.69) is 5.32 Å². The standard InChI is InChI=1S/C17H18FNO3/c1-3-22-16-8-7-12(9-15(16)18)11-19-17(20)13-5-4-6-14(10-13)21-2/h4-10H,3,11H2,1-2H3,(H,19,20). The number of hydrogen-bond donors (Lipinski definition) is 1. The lowest BCUT2D eigenvalue weighted by molar-refractivity contribution is 0.0950. The van der Waals surface area contributed by atoms with Crippen molar-refractivity contribution in [3.8, 4) is 11.5 Å². The third-order valence-electron chi connectivity index (χ3n) is 3.08. The number of hydrogen-bond acceptors (Lipinski definition) is 3. The maximum atomic E-state index is 13.7. The van der Waals surface area contributed by atoms with Crippen molar-refractivity contribution in [2.45, 2.75) is 13.5 Å². The Morgan fingerprint density at radius 3 is 2.73 bits per heavy atom. The summed E-state index contributed by atoms with van der Waals surface area (Å²) in [6.45, 7) is 2.43. The molecule has 116 valence electrons. The predicted molar refractivity (Wildman–Crippen MR) is 81.7 cm³/mol. The zero-order valence-corrected chi connectivity index (χ0v) is 12.6. The van der Waals surface area contributed by atoms with Gasteiger partial charge in [-0.2, -0.15) is 0 Å². The number of rotatable bonds is 6. The molecule has 0 aliphatic heterocycles. The molecule has 0 fully saturated rings. The fraction of sp³-hybridized carbons (Fsp3) is 0.235. The Bertz CT molecular complexity index is 658. The minimum Gasteiger partial charge on any atom is -0.497 e. The molecule has 0 saturated carbocycles. The van der Waals surface area contributed by atoms with Crippen molar-refractivity contribution in [1.82, 2.24) is 5.32 Å². The van der Waals surface area contributed by atoms with E-state index < -0.39 is 5.82 Å². The van der Waals surface area contributed by atoms with Crippen molar-refractivity contribution in [3.63, 3.8) is 0 Å². The summed E-state index contributed by atoms with van der Waals surface area (Å²) >= 11 is 0. The van der Waals surface area contributed by atoms with Crippen LogP contribution in [0.4, 0.5) is 4.39 Å². The highest BCUT2D eigenvalue weighted by Crippen LogP contribution is 2.18. The van der Waals surface area contributed by atoms with Gasteiger partial charge >= 0.3 is 0 Å². The maximum absolute atomic E-state index is 13.7. The number of nitrogens with one attached hydrogen (secondary N) is 1. The molecule has 2 aromatic carbocycles. The van der Waals surface area contributed by atoms with Crippen LogP contribution < -0.4 is 14.8 Å². The topological polar surface area (TPSA) is 47.6 Å². The number of benzene rings is 2. The predicted octanol–water partition coefficient (Wildman–Crippen LogP) is 3.16. The Morgan fingerprint density at radius 1 is 1.23 bits per heavy atom. The average molecular weight is 303 g/mol. The first-order valence-corrected chi connectivity index (χ1v) is 6.97. The van der Waals surface area contributed by atoms with Crippen LogP contribution in [0, 0.1) is 5.82 Å². The first-order valence-electron chi connectivity index (χ1n) is 6.97. The van der Waals surface area contributed by atoms with Gasteiger partial charge in [0.2, 0.25) is 0 Å². The van der Waals surface area contributed by atoms with E-state index in [4.69, 9.17) is 9.47 Å². The zero-order valence-electron chi connectivity index (χ0n) is 12.6. The van der Waals surface area contributed by atoms with Gasteiger partial charge in [-0.15, -0.1) is 0 Å². The quantitative estimate of drug-likeness (QED) is 0.891. The lowest BCUT2D eigenvalue weighted by Gasteiger charge is -2.09. The van der Waals surface area contributed by atoms with Gasteiger partial charge in [0.25, 0.3) is 5.91 Å². The molecule has 0 spiro atoms. The Balaban J connectivity index is 2.00. The summed E-state index contributed by atoms with van der Waals surface area (Å²) in [5.74, 6) is 0.147. The summed E-state index contributed by atoms with van der Waals surface area (Å²) in [4.78, 5) is 12.1. The fourth-order valence-corrected chi connectivity index (χ4v) is 1.98. The highest BCUT2D eigenvalue weighted by molar-refractivity contribution is 5.94. The van der Waals surface area contributed by atoms with E-state index in [1.54, 1.807) is 50.4 Å². The van der Waals surface area contributed by atoms with Gasteiger partial charge in [0.1, 0.15) is 5.75 Å². The van der Waals surface area contributed by atoms with Crippen molar-refractivity contribution in [2.24, 2.45) is 0 Å². The molecular formula is C17H18FNO3. The van der Waals surface area contributed by atoms with Gasteiger partial charge < -0.3 is 14.8 Å². The van der Waals surface area contributed by atoms with Gasteiger partial charge in [0.05, 0.1) is 13.7 Å². The summed E-state index contributed by atoms with van der Waals surface area (Å²) < 4.78 is 23.9. The molecule has 1 N–H and O–H groups in total. The lowest BCUT2D eigenvalue weighted by Crippen LogP contribution is -2.22. The van der Waals surface area contributed by atoms with Crippen LogP contribution in [0.5, 0.6) is 11.5 Å². The van der Waals surface area contributed by atoms with Crippen LogP contribution in [0.15, 0.2) is 42.5 Å². The number of amides is 1. The highest BCUT2D eigenvalue weighted by Gasteiger charge is 2.08. The van der Waals surface area contributed by atoms with E-state index >= 15 is 0 Å². The number of carbonyl (C=O) groups is 1. The molecule has 0 aliphatic carbocycles. The van der Waals surface area contributed by atoms with Gasteiger partial charge in [0.15, 0.2) is 11.6 Å². The summed E-state index contributed by atoms with van der Waals surface area (Å²) in [5, 5.41) is 2.74. The smallest absolute Gasteiger partial charge is 0.251 e. The first-order chi connectivity index (χ1) is 10.6. The molecule has 0 aromatic heterocycles. The molecule has 2 aromatic rings. The molecule has 1 amide bonds. The highest BCUT2D eigenvalue weighted by atomic mass is 19.1.